The molecule has 6 nitrogen and oxygen atoms in total. The number of aromatic nitrogens is 1. The lowest BCUT2D eigenvalue weighted by Gasteiger charge is -2.32. The number of piperidine rings is 1. The van der Waals surface area contributed by atoms with E-state index in [0.717, 1.165) is 5.03 Å². The minimum Gasteiger partial charge on any atom is -0.434 e. The number of nitrogens with zero attached hydrogens (tertiary/aromatic N) is 2. The summed E-state index contributed by atoms with van der Waals surface area (Å²) in [4.78, 5) is 31.2. The molecule has 1 aromatic heterocycles. The molecule has 0 spiro atoms. The number of amides is 2. The number of ether oxygens (including phenoxy) is 1. The second kappa shape index (κ2) is 9.69. The second-order valence-electron chi connectivity index (χ2n) is 6.54. The Morgan fingerprint density at radius 2 is 2.07 bits per heavy atom. The normalized spacial score (nSPS) is 16.6. The van der Waals surface area contributed by atoms with E-state index in [0.29, 0.717) is 25.1 Å². The number of rotatable bonds is 6. The smallest absolute Gasteiger partial charge is 0.387 e. The fraction of sp³-hybridized carbons (Fsp3) is 0.350. The van der Waals surface area contributed by atoms with Gasteiger partial charge < -0.3 is 15.0 Å². The standard InChI is InChI=1S/C20H21F2N3O3S/c1-29-17-9-8-14(11-23-17)24-18(26)13-5-4-10-25(12-13)19(27)15-6-2-3-7-16(15)28-20(21)22/h2-3,6-9,11,13,20H,4-5,10,12H2,1H3,(H,24,26). The zero-order valence-corrected chi connectivity index (χ0v) is 16.6. The monoisotopic (exact) mass is 421 g/mol. The summed E-state index contributed by atoms with van der Waals surface area (Å²) in [5, 5.41) is 3.68. The van der Waals surface area contributed by atoms with Crippen LogP contribution >= 0.6 is 11.8 Å². The second-order valence-corrected chi connectivity index (χ2v) is 7.37. The highest BCUT2D eigenvalue weighted by Gasteiger charge is 2.30. The maximum atomic E-state index is 12.9. The van der Waals surface area contributed by atoms with Crippen LogP contribution in [0.5, 0.6) is 5.75 Å². The quantitative estimate of drug-likeness (QED) is 0.717. The third-order valence-corrected chi connectivity index (χ3v) is 5.29. The summed E-state index contributed by atoms with van der Waals surface area (Å²) in [5.74, 6) is -1.18. The van der Waals surface area contributed by atoms with Crippen molar-refractivity contribution in [2.24, 2.45) is 5.92 Å². The van der Waals surface area contributed by atoms with Crippen molar-refractivity contribution in [2.45, 2.75) is 24.5 Å². The predicted octanol–water partition coefficient (Wildman–Crippen LogP) is 3.90. The van der Waals surface area contributed by atoms with E-state index in [1.807, 2.05) is 12.3 Å². The Hall–Kier alpha value is -2.68. The Bertz CT molecular complexity index is 864. The first kappa shape index (κ1) is 21.0. The summed E-state index contributed by atoms with van der Waals surface area (Å²) in [7, 11) is 0. The molecular weight excluding hydrogens is 400 g/mol. The van der Waals surface area contributed by atoms with Gasteiger partial charge in [0.05, 0.1) is 28.4 Å². The Balaban J connectivity index is 1.67. The van der Waals surface area contributed by atoms with Gasteiger partial charge in [0.25, 0.3) is 5.91 Å². The number of likely N-dealkylation sites (tertiary alicyclic amines) is 1. The van der Waals surface area contributed by atoms with Crippen molar-refractivity contribution in [3.05, 3.63) is 48.2 Å². The Morgan fingerprint density at radius 1 is 1.28 bits per heavy atom. The van der Waals surface area contributed by atoms with Crippen LogP contribution in [-0.4, -0.2) is 47.7 Å². The van der Waals surface area contributed by atoms with Crippen molar-refractivity contribution in [1.82, 2.24) is 9.88 Å². The number of alkyl halides is 2. The number of pyridine rings is 1. The molecule has 0 saturated carbocycles. The van der Waals surface area contributed by atoms with E-state index in [2.05, 4.69) is 15.0 Å². The van der Waals surface area contributed by atoms with Crippen molar-refractivity contribution in [1.29, 1.82) is 0 Å². The van der Waals surface area contributed by atoms with Gasteiger partial charge in [0.15, 0.2) is 0 Å². The van der Waals surface area contributed by atoms with Gasteiger partial charge >= 0.3 is 6.61 Å². The zero-order chi connectivity index (χ0) is 20.8. The molecule has 1 fully saturated rings. The number of anilines is 1. The molecule has 1 N–H and O–H groups in total. The van der Waals surface area contributed by atoms with E-state index < -0.39 is 18.4 Å². The first-order valence-electron chi connectivity index (χ1n) is 9.12. The van der Waals surface area contributed by atoms with Crippen LogP contribution in [0.1, 0.15) is 23.2 Å². The molecule has 2 heterocycles. The van der Waals surface area contributed by atoms with Crippen molar-refractivity contribution < 1.29 is 23.1 Å². The van der Waals surface area contributed by atoms with Crippen LogP contribution in [0.25, 0.3) is 0 Å². The van der Waals surface area contributed by atoms with Gasteiger partial charge in [0, 0.05) is 13.1 Å². The molecule has 0 bridgehead atoms. The van der Waals surface area contributed by atoms with Gasteiger partial charge in [-0.15, -0.1) is 11.8 Å². The van der Waals surface area contributed by atoms with Crippen LogP contribution in [0.4, 0.5) is 14.5 Å². The molecule has 1 unspecified atom stereocenters. The molecule has 1 saturated heterocycles. The van der Waals surface area contributed by atoms with E-state index >= 15 is 0 Å². The number of benzene rings is 1. The molecule has 0 radical (unpaired) electrons. The average molecular weight is 421 g/mol. The highest BCUT2D eigenvalue weighted by molar-refractivity contribution is 7.98. The van der Waals surface area contributed by atoms with Crippen LogP contribution in [-0.2, 0) is 4.79 Å². The van der Waals surface area contributed by atoms with E-state index in [4.69, 9.17) is 0 Å². The average Bonchev–Trinajstić information content (AvgIpc) is 2.74. The number of nitrogens with one attached hydrogen (secondary N) is 1. The molecule has 154 valence electrons. The number of hydrogen-bond donors (Lipinski definition) is 1. The third-order valence-electron chi connectivity index (χ3n) is 4.63. The molecular formula is C20H21F2N3O3S. The minimum atomic E-state index is -3.02. The van der Waals surface area contributed by atoms with E-state index in [9.17, 15) is 18.4 Å². The molecule has 0 aliphatic carbocycles. The van der Waals surface area contributed by atoms with Gasteiger partial charge in [-0.05, 0) is 43.4 Å². The van der Waals surface area contributed by atoms with Gasteiger partial charge in [-0.25, -0.2) is 4.98 Å². The largest absolute Gasteiger partial charge is 0.434 e. The Morgan fingerprint density at radius 3 is 2.76 bits per heavy atom. The summed E-state index contributed by atoms with van der Waals surface area (Å²) in [6.07, 6.45) is 4.79. The van der Waals surface area contributed by atoms with Crippen molar-refractivity contribution in [2.75, 3.05) is 24.7 Å². The molecule has 2 aromatic rings. The van der Waals surface area contributed by atoms with Crippen LogP contribution in [0.15, 0.2) is 47.6 Å². The van der Waals surface area contributed by atoms with Crippen LogP contribution < -0.4 is 10.1 Å². The number of halogens is 2. The van der Waals surface area contributed by atoms with E-state index in [1.165, 1.54) is 34.9 Å². The Labute approximate surface area is 171 Å². The summed E-state index contributed by atoms with van der Waals surface area (Å²) in [6.45, 7) is -2.35. The fourth-order valence-electron chi connectivity index (χ4n) is 3.21. The minimum absolute atomic E-state index is 0.0608. The molecule has 1 aliphatic heterocycles. The highest BCUT2D eigenvalue weighted by Crippen LogP contribution is 2.25. The molecule has 1 aliphatic rings. The maximum absolute atomic E-state index is 12.9. The van der Waals surface area contributed by atoms with Gasteiger partial charge in [0.2, 0.25) is 5.91 Å². The van der Waals surface area contributed by atoms with Gasteiger partial charge in [-0.3, -0.25) is 9.59 Å². The number of para-hydroxylation sites is 1. The molecule has 1 aromatic carbocycles. The van der Waals surface area contributed by atoms with Crippen molar-refractivity contribution in [3.8, 4) is 5.75 Å². The summed E-state index contributed by atoms with van der Waals surface area (Å²) in [5.41, 5.74) is 0.651. The zero-order valence-electron chi connectivity index (χ0n) is 15.8. The predicted molar refractivity (Wildman–Crippen MR) is 106 cm³/mol. The van der Waals surface area contributed by atoms with Crippen molar-refractivity contribution in [3.63, 3.8) is 0 Å². The summed E-state index contributed by atoms with van der Waals surface area (Å²) >= 11 is 1.51. The maximum Gasteiger partial charge on any atom is 0.387 e. The van der Waals surface area contributed by atoms with Crippen LogP contribution in [0.2, 0.25) is 0 Å². The summed E-state index contributed by atoms with van der Waals surface area (Å²) in [6, 6.07) is 9.49. The lowest BCUT2D eigenvalue weighted by Crippen LogP contribution is -2.43. The highest BCUT2D eigenvalue weighted by atomic mass is 32.2. The first-order chi connectivity index (χ1) is 14.0. The lowest BCUT2D eigenvalue weighted by atomic mass is 9.96. The first-order valence-corrected chi connectivity index (χ1v) is 10.3. The summed E-state index contributed by atoms with van der Waals surface area (Å²) < 4.78 is 29.7. The van der Waals surface area contributed by atoms with Gasteiger partial charge in [0.1, 0.15) is 5.75 Å². The topological polar surface area (TPSA) is 71.5 Å². The lowest BCUT2D eigenvalue weighted by molar-refractivity contribution is -0.121. The van der Waals surface area contributed by atoms with Crippen molar-refractivity contribution >= 4 is 29.3 Å². The molecule has 9 heteroatoms. The van der Waals surface area contributed by atoms with Gasteiger partial charge in [-0.1, -0.05) is 12.1 Å². The third kappa shape index (κ3) is 5.44. The van der Waals surface area contributed by atoms with Crippen LogP contribution in [0, 0.1) is 5.92 Å². The van der Waals surface area contributed by atoms with Crippen LogP contribution in [0.3, 0.4) is 0 Å². The molecule has 1 atom stereocenters. The number of hydrogen-bond acceptors (Lipinski definition) is 5. The SMILES string of the molecule is CSc1ccc(NC(=O)C2CCCN(C(=O)c3ccccc3OC(F)F)C2)cn1. The fourth-order valence-corrected chi connectivity index (χ4v) is 3.57. The number of thioether (sulfide) groups is 1. The Kier molecular flexibility index (Phi) is 7.03. The molecule has 3 rings (SSSR count). The van der Waals surface area contributed by atoms with E-state index in [1.54, 1.807) is 18.3 Å². The number of carbonyl (C=O) groups is 2. The number of carbonyl (C=O) groups excluding carboxylic acids is 2. The van der Waals surface area contributed by atoms with E-state index in [-0.39, 0.29) is 23.8 Å². The van der Waals surface area contributed by atoms with Gasteiger partial charge in [-0.2, -0.15) is 8.78 Å². The molecule has 29 heavy (non-hydrogen) atoms. The molecule has 2 amide bonds.